The molecule has 0 aromatic carbocycles. The van der Waals surface area contributed by atoms with Gasteiger partial charge in [-0.3, -0.25) is 57.5 Å². The number of hydrogen-bond acceptors (Lipinski definition) is 24. The Morgan fingerprint density at radius 1 is 0.487 bits per heavy atom. The number of carbonyl (C=O) groups excluding carboxylic acids is 12. The van der Waals surface area contributed by atoms with Gasteiger partial charge in [-0.15, -0.1) is 0 Å². The molecule has 4 amide bonds. The standard InChI is InChI=1S/2C24H41N3O10S/c2*1-4-22(32)36-13-17(37-23(33)5-2)14-38-15-18(25)24(34)27-19(12-28)20(30)7-6-9-35-10-8-21(31)26-11-16(3)29/h2*17-19,28H,4-15,25H2,1-3H3,(H,26,31)(H,27,34)/t2*17-,18+,19+/m11/s1. The van der Waals surface area contributed by atoms with Gasteiger partial charge in [-0.05, 0) is 26.7 Å². The number of esters is 4. The van der Waals surface area contributed by atoms with Crippen LogP contribution < -0.4 is 32.7 Å². The predicted octanol–water partition coefficient (Wildman–Crippen LogP) is -1.48. The zero-order chi connectivity index (χ0) is 57.8. The molecule has 76 heavy (non-hydrogen) atoms. The second-order valence-corrected chi connectivity index (χ2v) is 18.8. The number of thioether (sulfide) groups is 2. The first-order valence-electron chi connectivity index (χ1n) is 25.0. The van der Waals surface area contributed by atoms with Gasteiger partial charge in [0.15, 0.2) is 11.6 Å². The molecule has 6 atom stereocenters. The highest BCUT2D eigenvalue weighted by Gasteiger charge is 2.26. The molecule has 0 aliphatic rings. The van der Waals surface area contributed by atoms with Gasteiger partial charge in [-0.2, -0.15) is 23.5 Å². The molecule has 0 rings (SSSR count). The molecule has 0 aliphatic heterocycles. The Hall–Kier alpha value is -5.10. The molecule has 0 aromatic rings. The molecule has 0 fully saturated rings. The van der Waals surface area contributed by atoms with E-state index in [9.17, 15) is 67.7 Å². The maximum absolute atomic E-state index is 12.4. The number of ketones is 4. The molecule has 0 radical (unpaired) electrons. The number of aliphatic hydroxyl groups excluding tert-OH is 2. The van der Waals surface area contributed by atoms with Crippen LogP contribution in [0.15, 0.2) is 0 Å². The molecule has 0 aliphatic carbocycles. The summed E-state index contributed by atoms with van der Waals surface area (Å²) >= 11 is 2.43. The lowest BCUT2D eigenvalue weighted by Crippen LogP contribution is -2.51. The van der Waals surface area contributed by atoms with Crippen LogP contribution in [0, 0.1) is 0 Å². The first-order valence-corrected chi connectivity index (χ1v) is 27.3. The van der Waals surface area contributed by atoms with Crippen LogP contribution in [0.25, 0.3) is 0 Å². The van der Waals surface area contributed by atoms with Gasteiger partial charge in [0.1, 0.15) is 49.1 Å². The molecular formula is C48H82N6O20S2. The fourth-order valence-electron chi connectivity index (χ4n) is 5.37. The third-order valence-electron chi connectivity index (χ3n) is 9.70. The van der Waals surface area contributed by atoms with E-state index in [1.807, 2.05) is 0 Å². The molecule has 28 heteroatoms. The van der Waals surface area contributed by atoms with E-state index in [4.69, 9.17) is 39.9 Å². The van der Waals surface area contributed by atoms with Crippen LogP contribution in [-0.2, 0) is 86.0 Å². The Kier molecular flexibility index (Phi) is 44.2. The van der Waals surface area contributed by atoms with Crippen molar-refractivity contribution in [2.75, 3.05) is 89.0 Å². The second kappa shape index (κ2) is 46.0. The number of nitrogens with one attached hydrogen (secondary N) is 4. The zero-order valence-corrected chi connectivity index (χ0v) is 46.3. The van der Waals surface area contributed by atoms with Crippen molar-refractivity contribution in [2.24, 2.45) is 11.5 Å². The number of amides is 4. The largest absolute Gasteiger partial charge is 0.462 e. The zero-order valence-electron chi connectivity index (χ0n) is 44.6. The van der Waals surface area contributed by atoms with Crippen LogP contribution in [0.5, 0.6) is 0 Å². The molecule has 10 N–H and O–H groups in total. The molecular weight excluding hydrogens is 1040 g/mol. The monoisotopic (exact) mass is 1130 g/mol. The van der Waals surface area contributed by atoms with E-state index in [1.165, 1.54) is 37.4 Å². The predicted molar refractivity (Wildman–Crippen MR) is 278 cm³/mol. The maximum atomic E-state index is 12.4. The van der Waals surface area contributed by atoms with Crippen LogP contribution in [0.3, 0.4) is 0 Å². The van der Waals surface area contributed by atoms with Crippen LogP contribution in [-0.4, -0.2) is 206 Å². The van der Waals surface area contributed by atoms with Crippen LogP contribution in [0.1, 0.15) is 106 Å². The smallest absolute Gasteiger partial charge is 0.305 e. The molecule has 26 nitrogen and oxygen atoms in total. The third-order valence-corrected chi connectivity index (χ3v) is 12.1. The summed E-state index contributed by atoms with van der Waals surface area (Å²) in [5.74, 6) is -3.99. The average molecular weight is 1130 g/mol. The van der Waals surface area contributed by atoms with E-state index in [1.54, 1.807) is 27.7 Å². The number of aliphatic hydroxyl groups is 2. The van der Waals surface area contributed by atoms with E-state index in [2.05, 4.69) is 21.3 Å². The minimum Gasteiger partial charge on any atom is -0.462 e. The Morgan fingerprint density at radius 3 is 1.13 bits per heavy atom. The minimum atomic E-state index is -1.12. The highest BCUT2D eigenvalue weighted by Crippen LogP contribution is 2.12. The van der Waals surface area contributed by atoms with Crippen LogP contribution in [0.2, 0.25) is 0 Å². The molecule has 436 valence electrons. The van der Waals surface area contributed by atoms with Crippen molar-refractivity contribution in [3.8, 4) is 0 Å². The Balaban J connectivity index is 0. The third kappa shape index (κ3) is 40.2. The average Bonchev–Trinajstić information content (AvgIpc) is 3.39. The topological polar surface area (TPSA) is 401 Å². The first kappa shape index (κ1) is 73.0. The number of nitrogens with two attached hydrogens (primary N) is 2. The van der Waals surface area contributed by atoms with E-state index in [-0.39, 0.29) is 150 Å². The summed E-state index contributed by atoms with van der Waals surface area (Å²) in [6.45, 7) is 8.47. The Bertz CT molecular complexity index is 1690. The Labute approximate surface area is 452 Å². The van der Waals surface area contributed by atoms with Gasteiger partial charge in [0, 0.05) is 87.6 Å². The van der Waals surface area contributed by atoms with Gasteiger partial charge in [0.25, 0.3) is 0 Å². The lowest BCUT2D eigenvalue weighted by molar-refractivity contribution is -0.157. The normalized spacial score (nSPS) is 13.1. The van der Waals surface area contributed by atoms with Crippen molar-refractivity contribution < 1.29 is 96.2 Å². The summed E-state index contributed by atoms with van der Waals surface area (Å²) in [5.41, 5.74) is 11.8. The Morgan fingerprint density at radius 2 is 0.829 bits per heavy atom. The summed E-state index contributed by atoms with van der Waals surface area (Å²) < 4.78 is 31.2. The lowest BCUT2D eigenvalue weighted by Gasteiger charge is -2.20. The number of carbonyl (C=O) groups is 12. The summed E-state index contributed by atoms with van der Waals surface area (Å²) in [6, 6.07) is -4.25. The molecule has 0 aromatic heterocycles. The van der Waals surface area contributed by atoms with Gasteiger partial charge in [-0.25, -0.2) is 0 Å². The second-order valence-electron chi connectivity index (χ2n) is 16.6. The van der Waals surface area contributed by atoms with Crippen molar-refractivity contribution >= 4 is 94.2 Å². The van der Waals surface area contributed by atoms with Crippen molar-refractivity contribution in [3.63, 3.8) is 0 Å². The van der Waals surface area contributed by atoms with Crippen LogP contribution >= 0.6 is 23.5 Å². The number of rotatable bonds is 44. The molecule has 0 saturated heterocycles. The first-order chi connectivity index (χ1) is 36.1. The number of hydrogen-bond donors (Lipinski definition) is 8. The minimum absolute atomic E-state index is 0.0327. The summed E-state index contributed by atoms with van der Waals surface area (Å²) in [6.07, 6.45) is 0.184. The molecule has 0 unspecified atom stereocenters. The van der Waals surface area contributed by atoms with Crippen molar-refractivity contribution in [1.82, 2.24) is 21.3 Å². The lowest BCUT2D eigenvalue weighted by atomic mass is 10.1. The van der Waals surface area contributed by atoms with Gasteiger partial charge in [0.2, 0.25) is 23.6 Å². The highest BCUT2D eigenvalue weighted by atomic mass is 32.2. The van der Waals surface area contributed by atoms with Crippen molar-refractivity contribution in [1.29, 1.82) is 0 Å². The number of ether oxygens (including phenoxy) is 6. The van der Waals surface area contributed by atoms with Gasteiger partial charge in [0.05, 0.1) is 51.6 Å². The van der Waals surface area contributed by atoms with E-state index < -0.39 is 96.8 Å². The molecule has 0 heterocycles. The van der Waals surface area contributed by atoms with E-state index >= 15 is 0 Å². The quantitative estimate of drug-likeness (QED) is 0.0196. The summed E-state index contributed by atoms with van der Waals surface area (Å²) in [5, 5.41) is 28.8. The van der Waals surface area contributed by atoms with Gasteiger partial charge in [-0.1, -0.05) is 27.7 Å². The van der Waals surface area contributed by atoms with Crippen molar-refractivity contribution in [2.45, 2.75) is 142 Å². The summed E-state index contributed by atoms with van der Waals surface area (Å²) in [4.78, 5) is 140. The van der Waals surface area contributed by atoms with Gasteiger partial charge >= 0.3 is 23.9 Å². The maximum Gasteiger partial charge on any atom is 0.305 e. The fourth-order valence-corrected chi connectivity index (χ4v) is 7.30. The molecule has 0 bridgehead atoms. The van der Waals surface area contributed by atoms with Crippen molar-refractivity contribution in [3.05, 3.63) is 0 Å². The highest BCUT2D eigenvalue weighted by molar-refractivity contribution is 7.99. The molecule has 0 spiro atoms. The van der Waals surface area contributed by atoms with E-state index in [0.29, 0.717) is 12.8 Å². The fraction of sp³-hybridized carbons (Fsp3) is 0.750. The van der Waals surface area contributed by atoms with Crippen LogP contribution in [0.4, 0.5) is 0 Å². The molecule has 0 saturated carbocycles. The summed E-state index contributed by atoms with van der Waals surface area (Å²) in [7, 11) is 0. The number of Topliss-reactive ketones (excluding diaryl/α,β-unsaturated/α-hetero) is 4. The van der Waals surface area contributed by atoms with E-state index in [0.717, 1.165) is 0 Å². The van der Waals surface area contributed by atoms with Gasteiger partial charge < -0.3 is 71.4 Å². The SMILES string of the molecule is CCC(=O)OC[C@H](CSC[C@H](N)C(=O)N[C@@H](CO)C(=O)CCCOCCC(=O)NCC(C)=O)OC(=O)CC.CCC(=O)OC[C@H](CSC[C@H](N)C(=O)N[C@@H](CO)C(=O)CCCOCCC(=O)NCC(C)=O)OC(=O)CC.